The van der Waals surface area contributed by atoms with Gasteiger partial charge in [-0.1, -0.05) is 0 Å². The number of esters is 1. The highest BCUT2D eigenvalue weighted by atomic mass is 16.5. The number of carbonyl (C=O) groups is 2. The maximum absolute atomic E-state index is 11.7. The minimum atomic E-state index is -0.307. The van der Waals surface area contributed by atoms with E-state index < -0.39 is 0 Å². The smallest absolute Gasteiger partial charge is 0.325 e. The van der Waals surface area contributed by atoms with E-state index in [1.165, 1.54) is 19.8 Å². The van der Waals surface area contributed by atoms with Gasteiger partial charge < -0.3 is 15.0 Å². The predicted octanol–water partition coefficient (Wildman–Crippen LogP) is 0.681. The van der Waals surface area contributed by atoms with Crippen molar-refractivity contribution in [1.82, 2.24) is 10.2 Å². The summed E-state index contributed by atoms with van der Waals surface area (Å²) in [6.07, 6.45) is 4.28. The molecular formula is C13H22N2O3. The lowest BCUT2D eigenvalue weighted by Gasteiger charge is -2.36. The van der Waals surface area contributed by atoms with E-state index in [4.69, 9.17) is 4.74 Å². The molecule has 0 saturated carbocycles. The lowest BCUT2D eigenvalue weighted by Crippen LogP contribution is -2.51. The number of hydrogen-bond acceptors (Lipinski definition) is 4. The molecule has 0 unspecified atom stereocenters. The van der Waals surface area contributed by atoms with Crippen LogP contribution >= 0.6 is 0 Å². The summed E-state index contributed by atoms with van der Waals surface area (Å²) < 4.78 is 4.93. The average molecular weight is 254 g/mol. The van der Waals surface area contributed by atoms with Gasteiger partial charge in [0, 0.05) is 25.0 Å². The van der Waals surface area contributed by atoms with Crippen LogP contribution in [-0.4, -0.2) is 48.1 Å². The Kier molecular flexibility index (Phi) is 4.22. The van der Waals surface area contributed by atoms with Gasteiger partial charge in [-0.25, -0.2) is 0 Å². The minimum absolute atomic E-state index is 0.0330. The van der Waals surface area contributed by atoms with Crippen LogP contribution in [0.2, 0.25) is 0 Å². The number of fused-ring (bicyclic) bond motifs is 2. The van der Waals surface area contributed by atoms with Crippen LogP contribution in [0.5, 0.6) is 0 Å². The Morgan fingerprint density at radius 2 is 1.89 bits per heavy atom. The molecule has 0 aromatic heterocycles. The first-order valence-corrected chi connectivity index (χ1v) is 6.79. The standard InChI is InChI=1S/C13H22N2O3/c1-3-18-13(17)8-15(9(2)16)12-6-10-4-5-11(7-12)14-10/h10-12,14H,3-8H2,1-2H3/t10-,11+,12+. The first-order valence-electron chi connectivity index (χ1n) is 6.79. The topological polar surface area (TPSA) is 58.6 Å². The van der Waals surface area contributed by atoms with Crippen LogP contribution in [-0.2, 0) is 14.3 Å². The highest BCUT2D eigenvalue weighted by Gasteiger charge is 2.37. The third kappa shape index (κ3) is 3.02. The molecule has 2 aliphatic rings. The predicted molar refractivity (Wildman–Crippen MR) is 67.0 cm³/mol. The molecular weight excluding hydrogens is 232 g/mol. The Labute approximate surface area is 108 Å². The summed E-state index contributed by atoms with van der Waals surface area (Å²) in [6, 6.07) is 1.21. The molecule has 3 atom stereocenters. The third-order valence-corrected chi connectivity index (χ3v) is 3.90. The second-order valence-electron chi connectivity index (χ2n) is 5.22. The van der Waals surface area contributed by atoms with Crippen molar-refractivity contribution < 1.29 is 14.3 Å². The van der Waals surface area contributed by atoms with Gasteiger partial charge in [0.25, 0.3) is 0 Å². The van der Waals surface area contributed by atoms with Crippen molar-refractivity contribution in [3.05, 3.63) is 0 Å². The number of ether oxygens (including phenoxy) is 1. The molecule has 2 aliphatic heterocycles. The molecule has 5 nitrogen and oxygen atoms in total. The molecule has 2 bridgehead atoms. The summed E-state index contributed by atoms with van der Waals surface area (Å²) in [4.78, 5) is 24.9. The van der Waals surface area contributed by atoms with Crippen LogP contribution in [0, 0.1) is 0 Å². The Morgan fingerprint density at radius 3 is 2.39 bits per heavy atom. The Balaban J connectivity index is 1.97. The number of nitrogens with one attached hydrogen (secondary N) is 1. The van der Waals surface area contributed by atoms with Gasteiger partial charge >= 0.3 is 5.97 Å². The fraction of sp³-hybridized carbons (Fsp3) is 0.846. The largest absolute Gasteiger partial charge is 0.465 e. The van der Waals surface area contributed by atoms with E-state index in [1.54, 1.807) is 11.8 Å². The quantitative estimate of drug-likeness (QED) is 0.750. The second-order valence-corrected chi connectivity index (χ2v) is 5.22. The zero-order chi connectivity index (χ0) is 13.1. The number of amides is 1. The number of piperidine rings is 1. The van der Waals surface area contributed by atoms with Crippen molar-refractivity contribution in [3.63, 3.8) is 0 Å². The summed E-state index contributed by atoms with van der Waals surface area (Å²) in [5, 5.41) is 3.54. The molecule has 0 spiro atoms. The molecule has 2 fully saturated rings. The molecule has 5 heteroatoms. The van der Waals surface area contributed by atoms with E-state index in [9.17, 15) is 9.59 Å². The van der Waals surface area contributed by atoms with Gasteiger partial charge in [0.1, 0.15) is 6.54 Å². The van der Waals surface area contributed by atoms with E-state index in [2.05, 4.69) is 5.32 Å². The van der Waals surface area contributed by atoms with Crippen LogP contribution in [0.4, 0.5) is 0 Å². The van der Waals surface area contributed by atoms with E-state index in [1.807, 2.05) is 0 Å². The Bertz CT molecular complexity index is 320. The van der Waals surface area contributed by atoms with E-state index in [-0.39, 0.29) is 24.5 Å². The molecule has 2 rings (SSSR count). The maximum atomic E-state index is 11.7. The monoisotopic (exact) mass is 254 g/mol. The van der Waals surface area contributed by atoms with Crippen LogP contribution in [0.25, 0.3) is 0 Å². The third-order valence-electron chi connectivity index (χ3n) is 3.90. The molecule has 0 aromatic carbocycles. The van der Waals surface area contributed by atoms with Crippen LogP contribution < -0.4 is 5.32 Å². The zero-order valence-corrected chi connectivity index (χ0v) is 11.1. The molecule has 2 heterocycles. The van der Waals surface area contributed by atoms with Gasteiger partial charge in [0.2, 0.25) is 5.91 Å². The number of nitrogens with zero attached hydrogens (tertiary/aromatic N) is 1. The van der Waals surface area contributed by atoms with Crippen molar-refractivity contribution >= 4 is 11.9 Å². The Hall–Kier alpha value is -1.10. The fourth-order valence-electron chi connectivity index (χ4n) is 3.12. The van der Waals surface area contributed by atoms with Gasteiger partial charge in [0.05, 0.1) is 6.61 Å². The summed E-state index contributed by atoms with van der Waals surface area (Å²) in [6.45, 7) is 3.76. The number of rotatable bonds is 4. The van der Waals surface area contributed by atoms with Gasteiger partial charge in [0.15, 0.2) is 0 Å². The molecule has 0 aliphatic carbocycles. The highest BCUT2D eigenvalue weighted by Crippen LogP contribution is 2.29. The number of carbonyl (C=O) groups excluding carboxylic acids is 2. The summed E-state index contributed by atoms with van der Waals surface area (Å²) in [7, 11) is 0. The fourth-order valence-corrected chi connectivity index (χ4v) is 3.12. The normalized spacial score (nSPS) is 30.0. The molecule has 18 heavy (non-hydrogen) atoms. The SMILES string of the molecule is CCOC(=O)CN(C(C)=O)[C@H]1C[C@H]2CC[C@@H](C1)N2. The molecule has 2 saturated heterocycles. The van der Waals surface area contributed by atoms with Gasteiger partial charge in [-0.15, -0.1) is 0 Å². The van der Waals surface area contributed by atoms with Crippen molar-refractivity contribution in [3.8, 4) is 0 Å². The molecule has 102 valence electrons. The van der Waals surface area contributed by atoms with Crippen molar-refractivity contribution in [2.75, 3.05) is 13.2 Å². The maximum Gasteiger partial charge on any atom is 0.325 e. The Morgan fingerprint density at radius 1 is 1.28 bits per heavy atom. The van der Waals surface area contributed by atoms with Crippen molar-refractivity contribution in [1.29, 1.82) is 0 Å². The van der Waals surface area contributed by atoms with E-state index >= 15 is 0 Å². The summed E-state index contributed by atoms with van der Waals surface area (Å²) >= 11 is 0. The summed E-state index contributed by atoms with van der Waals surface area (Å²) in [5.41, 5.74) is 0. The van der Waals surface area contributed by atoms with Gasteiger partial charge in [-0.2, -0.15) is 0 Å². The minimum Gasteiger partial charge on any atom is -0.465 e. The average Bonchev–Trinajstić information content (AvgIpc) is 2.65. The van der Waals surface area contributed by atoms with Gasteiger partial charge in [-0.3, -0.25) is 9.59 Å². The molecule has 0 aromatic rings. The zero-order valence-electron chi connectivity index (χ0n) is 11.1. The van der Waals surface area contributed by atoms with E-state index in [0.717, 1.165) is 12.8 Å². The van der Waals surface area contributed by atoms with Gasteiger partial charge in [-0.05, 0) is 32.6 Å². The van der Waals surface area contributed by atoms with Crippen LogP contribution in [0.3, 0.4) is 0 Å². The first kappa shape index (κ1) is 13.3. The van der Waals surface area contributed by atoms with Crippen LogP contribution in [0.1, 0.15) is 39.5 Å². The lowest BCUT2D eigenvalue weighted by molar-refractivity contribution is -0.150. The van der Waals surface area contributed by atoms with E-state index in [0.29, 0.717) is 18.7 Å². The molecule has 1 N–H and O–H groups in total. The molecule has 1 amide bonds. The molecule has 0 radical (unpaired) electrons. The number of hydrogen-bond donors (Lipinski definition) is 1. The lowest BCUT2D eigenvalue weighted by atomic mass is 9.98. The van der Waals surface area contributed by atoms with Crippen molar-refractivity contribution in [2.24, 2.45) is 0 Å². The van der Waals surface area contributed by atoms with Crippen LogP contribution in [0.15, 0.2) is 0 Å². The second kappa shape index (κ2) is 5.69. The highest BCUT2D eigenvalue weighted by molar-refractivity contribution is 5.80. The summed E-state index contributed by atoms with van der Waals surface area (Å²) in [5.74, 6) is -0.340. The first-order chi connectivity index (χ1) is 8.60. The van der Waals surface area contributed by atoms with Crippen molar-refractivity contribution in [2.45, 2.75) is 57.7 Å².